The van der Waals surface area contributed by atoms with Crippen molar-refractivity contribution in [3.05, 3.63) is 78.4 Å². The van der Waals surface area contributed by atoms with Gasteiger partial charge in [0, 0.05) is 37.0 Å². The number of hydrogen-bond acceptors (Lipinski definition) is 7. The average Bonchev–Trinajstić information content (AvgIpc) is 3.50. The van der Waals surface area contributed by atoms with E-state index in [0.29, 0.717) is 11.6 Å². The second kappa shape index (κ2) is 9.09. The van der Waals surface area contributed by atoms with E-state index in [0.717, 1.165) is 41.5 Å². The van der Waals surface area contributed by atoms with Crippen molar-refractivity contribution in [1.29, 1.82) is 0 Å². The Kier molecular flexibility index (Phi) is 5.84. The number of ketones is 1. The first-order chi connectivity index (χ1) is 16.6. The van der Waals surface area contributed by atoms with Gasteiger partial charge in [-0.05, 0) is 62.4 Å². The van der Waals surface area contributed by atoms with Crippen molar-refractivity contribution in [2.45, 2.75) is 26.9 Å². The van der Waals surface area contributed by atoms with Crippen LogP contribution in [0.2, 0.25) is 0 Å². The molecule has 0 bridgehead atoms. The molecule has 3 aromatic carbocycles. The minimum absolute atomic E-state index is 0.100. The summed E-state index contributed by atoms with van der Waals surface area (Å²) in [5.41, 5.74) is 3.88. The van der Waals surface area contributed by atoms with Gasteiger partial charge in [0.25, 0.3) is 0 Å². The molecule has 0 aromatic heterocycles. The molecule has 2 aliphatic rings. The third kappa shape index (κ3) is 3.83. The van der Waals surface area contributed by atoms with Crippen molar-refractivity contribution >= 4 is 28.7 Å². The van der Waals surface area contributed by atoms with Gasteiger partial charge in [-0.2, -0.15) is 0 Å². The van der Waals surface area contributed by atoms with Crippen LogP contribution in [0.3, 0.4) is 0 Å². The molecule has 7 nitrogen and oxygen atoms in total. The summed E-state index contributed by atoms with van der Waals surface area (Å²) in [6.07, 6.45) is -0.366. The van der Waals surface area contributed by atoms with E-state index >= 15 is 0 Å². The Morgan fingerprint density at radius 2 is 1.65 bits per heavy atom. The predicted octanol–water partition coefficient (Wildman–Crippen LogP) is 5.19. The summed E-state index contributed by atoms with van der Waals surface area (Å²) in [5.74, 6) is 1.70. The summed E-state index contributed by atoms with van der Waals surface area (Å²) >= 11 is 0. The summed E-state index contributed by atoms with van der Waals surface area (Å²) in [4.78, 5) is 17.1. The van der Waals surface area contributed by atoms with Crippen molar-refractivity contribution in [2.75, 3.05) is 34.7 Å². The van der Waals surface area contributed by atoms with E-state index in [1.165, 1.54) is 0 Å². The SMILES string of the molecule is CCN(CC)c1ccc(N2C(C(C)=O)=NN(c3ccccc3)C2c2ccc3c(c2)OCO3)cc1. The molecule has 2 aliphatic heterocycles. The number of Topliss-reactive ketones (excluding diaryl/α,β-unsaturated/α-hetero) is 1. The second-order valence-corrected chi connectivity index (χ2v) is 8.20. The average molecular weight is 457 g/mol. The van der Waals surface area contributed by atoms with E-state index in [4.69, 9.17) is 14.6 Å². The van der Waals surface area contributed by atoms with E-state index in [2.05, 4.69) is 43.0 Å². The Morgan fingerprint density at radius 3 is 2.32 bits per heavy atom. The highest BCUT2D eigenvalue weighted by molar-refractivity contribution is 6.44. The van der Waals surface area contributed by atoms with Crippen LogP contribution in [0, 0.1) is 0 Å². The number of hydrazone groups is 1. The number of nitrogens with zero attached hydrogens (tertiary/aromatic N) is 4. The van der Waals surface area contributed by atoms with Gasteiger partial charge >= 0.3 is 0 Å². The van der Waals surface area contributed by atoms with Gasteiger partial charge in [-0.15, -0.1) is 5.10 Å². The molecule has 1 unspecified atom stereocenters. The van der Waals surface area contributed by atoms with Crippen LogP contribution in [0.1, 0.15) is 32.5 Å². The monoisotopic (exact) mass is 456 g/mol. The van der Waals surface area contributed by atoms with E-state index < -0.39 is 0 Å². The first-order valence-electron chi connectivity index (χ1n) is 11.6. The maximum atomic E-state index is 12.8. The van der Waals surface area contributed by atoms with Crippen molar-refractivity contribution < 1.29 is 14.3 Å². The fourth-order valence-electron chi connectivity index (χ4n) is 4.49. The zero-order chi connectivity index (χ0) is 23.7. The molecule has 0 amide bonds. The molecule has 5 rings (SSSR count). The maximum Gasteiger partial charge on any atom is 0.231 e. The molecule has 7 heteroatoms. The van der Waals surface area contributed by atoms with Gasteiger partial charge in [0.2, 0.25) is 6.79 Å². The quantitative estimate of drug-likeness (QED) is 0.488. The Labute approximate surface area is 199 Å². The third-order valence-electron chi connectivity index (χ3n) is 6.19. The number of hydrogen-bond donors (Lipinski definition) is 0. The molecule has 0 spiro atoms. The molecule has 3 aromatic rings. The van der Waals surface area contributed by atoms with E-state index in [-0.39, 0.29) is 18.7 Å². The number of fused-ring (bicyclic) bond motifs is 1. The Bertz CT molecular complexity index is 1210. The smallest absolute Gasteiger partial charge is 0.231 e. The van der Waals surface area contributed by atoms with Gasteiger partial charge in [0.1, 0.15) is 0 Å². The molecule has 1 atom stereocenters. The lowest BCUT2D eigenvalue weighted by atomic mass is 10.1. The van der Waals surface area contributed by atoms with Crippen molar-refractivity contribution in [3.8, 4) is 11.5 Å². The van der Waals surface area contributed by atoms with E-state index in [9.17, 15) is 4.79 Å². The molecule has 0 fully saturated rings. The van der Waals surface area contributed by atoms with Crippen LogP contribution >= 0.6 is 0 Å². The maximum absolute atomic E-state index is 12.8. The standard InChI is InChI=1S/C27H28N4O3/c1-4-29(5-2)21-12-14-22(15-13-21)30-26(19(3)32)28-31(23-9-7-6-8-10-23)27(30)20-11-16-24-25(17-20)34-18-33-24/h6-17,27H,4-5,18H2,1-3H3. The third-order valence-corrected chi connectivity index (χ3v) is 6.19. The van der Waals surface area contributed by atoms with Crippen LogP contribution in [0.4, 0.5) is 17.1 Å². The number of amidine groups is 1. The number of carbonyl (C=O) groups is 1. The highest BCUT2D eigenvalue weighted by Gasteiger charge is 2.39. The lowest BCUT2D eigenvalue weighted by molar-refractivity contribution is -0.111. The van der Waals surface area contributed by atoms with Crippen molar-refractivity contribution in [2.24, 2.45) is 5.10 Å². The molecule has 0 radical (unpaired) electrons. The van der Waals surface area contributed by atoms with Gasteiger partial charge in [0.05, 0.1) is 5.69 Å². The zero-order valence-electron chi connectivity index (χ0n) is 19.6. The van der Waals surface area contributed by atoms with Crippen LogP contribution in [0.5, 0.6) is 11.5 Å². The summed E-state index contributed by atoms with van der Waals surface area (Å²) in [5, 5.41) is 6.70. The van der Waals surface area contributed by atoms with Gasteiger partial charge in [-0.3, -0.25) is 9.69 Å². The highest BCUT2D eigenvalue weighted by atomic mass is 16.7. The fourth-order valence-corrected chi connectivity index (χ4v) is 4.49. The van der Waals surface area contributed by atoms with Crippen LogP contribution in [-0.2, 0) is 4.79 Å². The second-order valence-electron chi connectivity index (χ2n) is 8.20. The first kappa shape index (κ1) is 21.8. The van der Waals surface area contributed by atoms with Crippen molar-refractivity contribution in [3.63, 3.8) is 0 Å². The minimum Gasteiger partial charge on any atom is -0.454 e. The molecule has 34 heavy (non-hydrogen) atoms. The number of carbonyl (C=O) groups excluding carboxylic acids is 1. The summed E-state index contributed by atoms with van der Waals surface area (Å²) < 4.78 is 11.2. The number of ether oxygens (including phenoxy) is 2. The van der Waals surface area contributed by atoms with Crippen LogP contribution in [0.25, 0.3) is 0 Å². The van der Waals surface area contributed by atoms with Crippen LogP contribution in [-0.4, -0.2) is 31.5 Å². The number of benzene rings is 3. The molecule has 0 saturated carbocycles. The van der Waals surface area contributed by atoms with E-state index in [1.54, 1.807) is 6.92 Å². The molecular weight excluding hydrogens is 428 g/mol. The summed E-state index contributed by atoms with van der Waals surface area (Å²) in [7, 11) is 0. The first-order valence-corrected chi connectivity index (χ1v) is 11.6. The number of anilines is 3. The summed E-state index contributed by atoms with van der Waals surface area (Å²) in [6, 6.07) is 24.1. The van der Waals surface area contributed by atoms with E-state index in [1.807, 2.05) is 58.4 Å². The molecule has 0 saturated heterocycles. The van der Waals surface area contributed by atoms with Crippen LogP contribution in [0.15, 0.2) is 77.9 Å². The predicted molar refractivity (Wildman–Crippen MR) is 135 cm³/mol. The minimum atomic E-state index is -0.366. The molecule has 0 aliphatic carbocycles. The summed E-state index contributed by atoms with van der Waals surface area (Å²) in [6.45, 7) is 7.92. The van der Waals surface area contributed by atoms with Crippen LogP contribution < -0.4 is 24.3 Å². The number of para-hydroxylation sites is 1. The Morgan fingerprint density at radius 1 is 0.941 bits per heavy atom. The number of rotatable bonds is 7. The fraction of sp³-hybridized carbons (Fsp3) is 0.259. The largest absolute Gasteiger partial charge is 0.454 e. The molecule has 0 N–H and O–H groups in total. The van der Waals surface area contributed by atoms with Gasteiger partial charge in [-0.1, -0.05) is 24.3 Å². The molecule has 174 valence electrons. The van der Waals surface area contributed by atoms with Gasteiger partial charge in [-0.25, -0.2) is 5.01 Å². The topological polar surface area (TPSA) is 57.6 Å². The normalized spacial score (nSPS) is 16.6. The Hall–Kier alpha value is -4.00. The zero-order valence-corrected chi connectivity index (χ0v) is 19.6. The van der Waals surface area contributed by atoms with Crippen molar-refractivity contribution in [1.82, 2.24) is 0 Å². The lowest BCUT2D eigenvalue weighted by Crippen LogP contribution is -2.37. The molecular formula is C27H28N4O3. The highest BCUT2D eigenvalue weighted by Crippen LogP contribution is 2.42. The van der Waals surface area contributed by atoms with Gasteiger partial charge < -0.3 is 14.4 Å². The van der Waals surface area contributed by atoms with Gasteiger partial charge in [0.15, 0.2) is 29.3 Å². The lowest BCUT2D eigenvalue weighted by Gasteiger charge is -2.32. The Balaban J connectivity index is 1.62. The molecule has 2 heterocycles.